The van der Waals surface area contributed by atoms with E-state index in [9.17, 15) is 9.59 Å². The summed E-state index contributed by atoms with van der Waals surface area (Å²) in [6.07, 6.45) is 1.73. The second-order valence-electron chi connectivity index (χ2n) is 6.13. The molecule has 0 spiro atoms. The molecule has 1 aliphatic heterocycles. The van der Waals surface area contributed by atoms with Crippen LogP contribution in [-0.2, 0) is 4.79 Å². The Labute approximate surface area is 186 Å². The summed E-state index contributed by atoms with van der Waals surface area (Å²) in [6.45, 7) is 0. The molecule has 1 saturated heterocycles. The van der Waals surface area contributed by atoms with Crippen molar-refractivity contribution in [2.75, 3.05) is 12.0 Å². The third-order valence-corrected chi connectivity index (χ3v) is 6.36. The molecule has 2 heterocycles. The van der Waals surface area contributed by atoms with Crippen molar-refractivity contribution in [1.82, 2.24) is 0 Å². The number of thiocarbonyl (C=S) groups is 1. The Morgan fingerprint density at radius 3 is 2.70 bits per heavy atom. The van der Waals surface area contributed by atoms with E-state index in [0.29, 0.717) is 31.3 Å². The summed E-state index contributed by atoms with van der Waals surface area (Å²) in [4.78, 5) is 27.7. The topological polar surface area (TPSA) is 55.8 Å². The van der Waals surface area contributed by atoms with Gasteiger partial charge in [0.2, 0.25) is 0 Å². The van der Waals surface area contributed by atoms with E-state index in [1.807, 2.05) is 23.6 Å². The van der Waals surface area contributed by atoms with Gasteiger partial charge in [0.15, 0.2) is 4.32 Å². The molecule has 1 aliphatic rings. The number of thioether (sulfide) groups is 1. The van der Waals surface area contributed by atoms with E-state index in [-0.39, 0.29) is 5.91 Å². The quantitative estimate of drug-likeness (QED) is 0.224. The first kappa shape index (κ1) is 20.3. The number of anilines is 1. The smallest absolute Gasteiger partial charge is 0.353 e. The predicted octanol–water partition coefficient (Wildman–Crippen LogP) is 5.38. The van der Waals surface area contributed by atoms with Crippen LogP contribution in [0.1, 0.15) is 15.2 Å². The number of carbonyl (C=O) groups is 2. The molecule has 0 bridgehead atoms. The molecule has 0 radical (unpaired) electrons. The van der Waals surface area contributed by atoms with Gasteiger partial charge in [0, 0.05) is 0 Å². The van der Waals surface area contributed by atoms with Crippen molar-refractivity contribution in [1.29, 1.82) is 0 Å². The Morgan fingerprint density at radius 1 is 1.10 bits per heavy atom. The average Bonchev–Trinajstić information content (AvgIpc) is 3.37. The van der Waals surface area contributed by atoms with Crippen molar-refractivity contribution in [3.63, 3.8) is 0 Å². The molecule has 8 heteroatoms. The van der Waals surface area contributed by atoms with Crippen molar-refractivity contribution in [2.24, 2.45) is 0 Å². The Balaban J connectivity index is 1.57. The van der Waals surface area contributed by atoms with Crippen molar-refractivity contribution in [3.8, 4) is 11.5 Å². The SMILES string of the molecule is COc1ccccc1N1C(=O)/C(=C/c2cccc(OC(=O)c3cccs3)c2)SC1=S. The van der Waals surface area contributed by atoms with Crippen molar-refractivity contribution >= 4 is 63.3 Å². The van der Waals surface area contributed by atoms with Crippen molar-refractivity contribution in [3.05, 3.63) is 81.4 Å². The van der Waals surface area contributed by atoms with Crippen LogP contribution in [0.3, 0.4) is 0 Å². The molecule has 0 aliphatic carbocycles. The second-order valence-corrected chi connectivity index (χ2v) is 8.75. The molecule has 0 N–H and O–H groups in total. The summed E-state index contributed by atoms with van der Waals surface area (Å²) in [6, 6.07) is 17.7. The number of amides is 1. The summed E-state index contributed by atoms with van der Waals surface area (Å²) < 4.78 is 11.2. The van der Waals surface area contributed by atoms with Gasteiger partial charge in [-0.2, -0.15) is 0 Å². The summed E-state index contributed by atoms with van der Waals surface area (Å²) >= 11 is 7.97. The number of nitrogens with zero attached hydrogens (tertiary/aromatic N) is 1. The maximum absolute atomic E-state index is 13.0. The monoisotopic (exact) mass is 453 g/mol. The van der Waals surface area contributed by atoms with Gasteiger partial charge in [-0.3, -0.25) is 9.69 Å². The molecule has 2 aromatic carbocycles. The summed E-state index contributed by atoms with van der Waals surface area (Å²) in [5.41, 5.74) is 1.33. The van der Waals surface area contributed by atoms with Gasteiger partial charge in [0.1, 0.15) is 16.4 Å². The van der Waals surface area contributed by atoms with Crippen LogP contribution in [0, 0.1) is 0 Å². The van der Waals surface area contributed by atoms with Crippen LogP contribution in [0.2, 0.25) is 0 Å². The van der Waals surface area contributed by atoms with Crippen molar-refractivity contribution < 1.29 is 19.1 Å². The maximum atomic E-state index is 13.0. The first-order valence-electron chi connectivity index (χ1n) is 8.83. The van der Waals surface area contributed by atoms with Gasteiger partial charge in [-0.15, -0.1) is 11.3 Å². The number of hydrogen-bond donors (Lipinski definition) is 0. The van der Waals surface area contributed by atoms with Gasteiger partial charge in [0.25, 0.3) is 5.91 Å². The van der Waals surface area contributed by atoms with Crippen LogP contribution in [-0.4, -0.2) is 23.3 Å². The molecule has 1 aromatic heterocycles. The highest BCUT2D eigenvalue weighted by Gasteiger charge is 2.34. The molecule has 5 nitrogen and oxygen atoms in total. The molecule has 3 aromatic rings. The number of esters is 1. The minimum absolute atomic E-state index is 0.226. The van der Waals surface area contributed by atoms with Gasteiger partial charge < -0.3 is 9.47 Å². The molecule has 4 rings (SSSR count). The van der Waals surface area contributed by atoms with E-state index in [2.05, 4.69) is 0 Å². The fourth-order valence-electron chi connectivity index (χ4n) is 2.86. The highest BCUT2D eigenvalue weighted by atomic mass is 32.2. The molecular formula is C22H15NO4S3. The number of methoxy groups -OCH3 is 1. The van der Waals surface area contributed by atoms with Crippen molar-refractivity contribution in [2.45, 2.75) is 0 Å². The molecular weight excluding hydrogens is 438 g/mol. The molecule has 150 valence electrons. The number of ether oxygens (including phenoxy) is 2. The van der Waals surface area contributed by atoms with E-state index in [0.717, 1.165) is 5.56 Å². The van der Waals surface area contributed by atoms with E-state index in [1.165, 1.54) is 28.0 Å². The van der Waals surface area contributed by atoms with Gasteiger partial charge in [-0.25, -0.2) is 4.79 Å². The van der Waals surface area contributed by atoms with Crippen LogP contribution in [0.5, 0.6) is 11.5 Å². The molecule has 1 fully saturated rings. The predicted molar refractivity (Wildman–Crippen MR) is 124 cm³/mol. The zero-order valence-electron chi connectivity index (χ0n) is 15.7. The molecule has 0 saturated carbocycles. The minimum atomic E-state index is -0.412. The lowest BCUT2D eigenvalue weighted by Gasteiger charge is -2.17. The zero-order chi connectivity index (χ0) is 21.1. The fraction of sp³-hybridized carbons (Fsp3) is 0.0455. The average molecular weight is 454 g/mol. The Bertz CT molecular complexity index is 1150. The number of rotatable bonds is 5. The van der Waals surface area contributed by atoms with E-state index in [1.54, 1.807) is 55.7 Å². The van der Waals surface area contributed by atoms with Crippen LogP contribution < -0.4 is 14.4 Å². The van der Waals surface area contributed by atoms with Gasteiger partial charge in [-0.1, -0.05) is 54.3 Å². The number of para-hydroxylation sites is 2. The third-order valence-electron chi connectivity index (χ3n) is 4.21. The van der Waals surface area contributed by atoms with Crippen LogP contribution in [0.4, 0.5) is 5.69 Å². The standard InChI is InChI=1S/C22H15NO4S3/c1-26-17-9-3-2-8-16(17)23-20(24)19(30-22(23)28)13-14-6-4-7-15(12-14)27-21(25)18-10-5-11-29-18/h2-13H,1H3/b19-13-. The van der Waals surface area contributed by atoms with Gasteiger partial charge in [-0.05, 0) is 47.4 Å². The number of carbonyl (C=O) groups excluding carboxylic acids is 2. The van der Waals surface area contributed by atoms with E-state index < -0.39 is 5.97 Å². The number of benzene rings is 2. The number of thiophene rings is 1. The second kappa shape index (κ2) is 8.83. The third kappa shape index (κ3) is 4.16. The highest BCUT2D eigenvalue weighted by molar-refractivity contribution is 8.27. The normalized spacial score (nSPS) is 15.0. The molecule has 1 amide bonds. The van der Waals surface area contributed by atoms with Crippen LogP contribution >= 0.6 is 35.3 Å². The van der Waals surface area contributed by atoms with E-state index >= 15 is 0 Å². The lowest BCUT2D eigenvalue weighted by atomic mass is 10.2. The zero-order valence-corrected chi connectivity index (χ0v) is 18.2. The highest BCUT2D eigenvalue weighted by Crippen LogP contribution is 2.39. The fourth-order valence-corrected chi connectivity index (χ4v) is 4.74. The van der Waals surface area contributed by atoms with Crippen LogP contribution in [0.15, 0.2) is 70.9 Å². The lowest BCUT2D eigenvalue weighted by molar-refractivity contribution is -0.113. The Morgan fingerprint density at radius 2 is 1.93 bits per heavy atom. The lowest BCUT2D eigenvalue weighted by Crippen LogP contribution is -2.27. The van der Waals surface area contributed by atoms with E-state index in [4.69, 9.17) is 21.7 Å². The summed E-state index contributed by atoms with van der Waals surface area (Å²) in [5.74, 6) is 0.333. The Kier molecular flexibility index (Phi) is 5.98. The summed E-state index contributed by atoms with van der Waals surface area (Å²) in [5, 5.41) is 1.82. The Hall–Kier alpha value is -2.94. The minimum Gasteiger partial charge on any atom is -0.495 e. The largest absolute Gasteiger partial charge is 0.495 e. The summed E-state index contributed by atoms with van der Waals surface area (Å²) in [7, 11) is 1.55. The molecule has 0 unspecified atom stereocenters. The molecule has 30 heavy (non-hydrogen) atoms. The number of hydrogen-bond acceptors (Lipinski definition) is 7. The van der Waals surface area contributed by atoms with Gasteiger partial charge in [0.05, 0.1) is 17.7 Å². The maximum Gasteiger partial charge on any atom is 0.353 e. The van der Waals surface area contributed by atoms with Crippen LogP contribution in [0.25, 0.3) is 6.08 Å². The van der Waals surface area contributed by atoms with Gasteiger partial charge >= 0.3 is 5.97 Å². The first-order valence-corrected chi connectivity index (χ1v) is 10.9. The first-order chi connectivity index (χ1) is 14.6. The molecule has 0 atom stereocenters.